The standard InChI is InChI=1S/C13H18Cl2N2/c1-9(2)10-5-6-17(7-10)8-11-3-4-12(14)16-13(11)15/h3-4,9-10H,5-8H2,1-2H3. The van der Waals surface area contributed by atoms with Crippen molar-refractivity contribution < 1.29 is 0 Å². The monoisotopic (exact) mass is 272 g/mol. The topological polar surface area (TPSA) is 16.1 Å². The molecule has 17 heavy (non-hydrogen) atoms. The Morgan fingerprint density at radius 3 is 2.76 bits per heavy atom. The molecule has 1 saturated heterocycles. The maximum atomic E-state index is 6.08. The van der Waals surface area contributed by atoms with Crippen molar-refractivity contribution >= 4 is 23.2 Å². The second kappa shape index (κ2) is 5.55. The van der Waals surface area contributed by atoms with Crippen LogP contribution in [0.3, 0.4) is 0 Å². The third-order valence-electron chi connectivity index (χ3n) is 3.54. The number of likely N-dealkylation sites (tertiary alicyclic amines) is 1. The van der Waals surface area contributed by atoms with Crippen molar-refractivity contribution in [1.29, 1.82) is 0 Å². The van der Waals surface area contributed by atoms with E-state index in [2.05, 4.69) is 23.7 Å². The first-order valence-corrected chi connectivity index (χ1v) is 6.85. The van der Waals surface area contributed by atoms with Gasteiger partial charge in [0.1, 0.15) is 10.3 Å². The Morgan fingerprint density at radius 1 is 1.41 bits per heavy atom. The Bertz CT molecular complexity index is 393. The number of aromatic nitrogens is 1. The highest BCUT2D eigenvalue weighted by molar-refractivity contribution is 6.32. The van der Waals surface area contributed by atoms with E-state index in [1.165, 1.54) is 6.42 Å². The van der Waals surface area contributed by atoms with E-state index in [4.69, 9.17) is 23.2 Å². The van der Waals surface area contributed by atoms with Gasteiger partial charge in [0, 0.05) is 18.7 Å². The number of hydrogen-bond donors (Lipinski definition) is 0. The van der Waals surface area contributed by atoms with Crippen LogP contribution in [-0.4, -0.2) is 23.0 Å². The summed E-state index contributed by atoms with van der Waals surface area (Å²) in [7, 11) is 0. The van der Waals surface area contributed by atoms with Gasteiger partial charge in [-0.1, -0.05) is 43.1 Å². The second-order valence-electron chi connectivity index (χ2n) is 5.11. The molecule has 0 aromatic carbocycles. The van der Waals surface area contributed by atoms with Gasteiger partial charge in [0.05, 0.1) is 0 Å². The molecular weight excluding hydrogens is 255 g/mol. The van der Waals surface area contributed by atoms with Crippen LogP contribution in [0.15, 0.2) is 12.1 Å². The maximum absolute atomic E-state index is 6.08. The molecule has 0 radical (unpaired) electrons. The predicted molar refractivity (Wildman–Crippen MR) is 72.5 cm³/mol. The summed E-state index contributed by atoms with van der Waals surface area (Å²) < 4.78 is 0. The fourth-order valence-corrected chi connectivity index (χ4v) is 2.75. The molecule has 1 fully saturated rings. The highest BCUT2D eigenvalue weighted by atomic mass is 35.5. The van der Waals surface area contributed by atoms with E-state index in [1.54, 1.807) is 6.07 Å². The van der Waals surface area contributed by atoms with Crippen LogP contribution in [0.4, 0.5) is 0 Å². The van der Waals surface area contributed by atoms with Gasteiger partial charge in [-0.05, 0) is 30.9 Å². The smallest absolute Gasteiger partial charge is 0.135 e. The van der Waals surface area contributed by atoms with Gasteiger partial charge in [0.25, 0.3) is 0 Å². The van der Waals surface area contributed by atoms with E-state index < -0.39 is 0 Å². The fourth-order valence-electron chi connectivity index (χ4n) is 2.35. The largest absolute Gasteiger partial charge is 0.299 e. The molecule has 0 aliphatic carbocycles. The van der Waals surface area contributed by atoms with Gasteiger partial charge in [-0.3, -0.25) is 4.90 Å². The molecule has 1 unspecified atom stereocenters. The molecule has 0 bridgehead atoms. The number of halogens is 2. The van der Waals surface area contributed by atoms with E-state index in [0.717, 1.165) is 37.0 Å². The third-order valence-corrected chi connectivity index (χ3v) is 4.08. The highest BCUT2D eigenvalue weighted by Crippen LogP contribution is 2.26. The van der Waals surface area contributed by atoms with Crippen molar-refractivity contribution in [2.75, 3.05) is 13.1 Å². The molecule has 1 atom stereocenters. The van der Waals surface area contributed by atoms with E-state index in [-0.39, 0.29) is 0 Å². The molecule has 2 heterocycles. The normalized spacial score (nSPS) is 21.4. The zero-order valence-corrected chi connectivity index (χ0v) is 11.8. The highest BCUT2D eigenvalue weighted by Gasteiger charge is 2.25. The predicted octanol–water partition coefficient (Wildman–Crippen LogP) is 3.87. The molecule has 0 spiro atoms. The molecule has 0 saturated carbocycles. The van der Waals surface area contributed by atoms with E-state index in [1.807, 2.05) is 6.07 Å². The first-order chi connectivity index (χ1) is 8.06. The van der Waals surface area contributed by atoms with Crippen LogP contribution < -0.4 is 0 Å². The summed E-state index contributed by atoms with van der Waals surface area (Å²) in [6, 6.07) is 3.78. The van der Waals surface area contributed by atoms with Crippen molar-refractivity contribution in [1.82, 2.24) is 9.88 Å². The van der Waals surface area contributed by atoms with Crippen LogP contribution in [0.2, 0.25) is 10.3 Å². The van der Waals surface area contributed by atoms with E-state index in [0.29, 0.717) is 10.3 Å². The average molecular weight is 273 g/mol. The molecule has 2 rings (SSSR count). The summed E-state index contributed by atoms with van der Waals surface area (Å²) >= 11 is 11.9. The zero-order valence-electron chi connectivity index (χ0n) is 10.3. The van der Waals surface area contributed by atoms with Gasteiger partial charge >= 0.3 is 0 Å². The Labute approximate surface area is 113 Å². The average Bonchev–Trinajstić information content (AvgIpc) is 2.71. The zero-order chi connectivity index (χ0) is 12.4. The van der Waals surface area contributed by atoms with Gasteiger partial charge in [0.15, 0.2) is 0 Å². The van der Waals surface area contributed by atoms with E-state index >= 15 is 0 Å². The summed E-state index contributed by atoms with van der Waals surface area (Å²) in [5, 5.41) is 0.991. The lowest BCUT2D eigenvalue weighted by Gasteiger charge is -2.18. The lowest BCUT2D eigenvalue weighted by molar-refractivity contribution is 0.296. The van der Waals surface area contributed by atoms with Gasteiger partial charge in [-0.25, -0.2) is 4.98 Å². The first kappa shape index (κ1) is 13.1. The molecular formula is C13H18Cl2N2. The van der Waals surface area contributed by atoms with Gasteiger partial charge in [-0.15, -0.1) is 0 Å². The van der Waals surface area contributed by atoms with Gasteiger partial charge < -0.3 is 0 Å². The van der Waals surface area contributed by atoms with Crippen LogP contribution in [0, 0.1) is 11.8 Å². The number of rotatable bonds is 3. The molecule has 1 aromatic heterocycles. The lowest BCUT2D eigenvalue weighted by atomic mass is 9.95. The summed E-state index contributed by atoms with van der Waals surface area (Å²) in [6.07, 6.45) is 1.29. The Kier molecular flexibility index (Phi) is 4.29. The van der Waals surface area contributed by atoms with Crippen LogP contribution in [0.1, 0.15) is 25.8 Å². The molecule has 0 N–H and O–H groups in total. The fraction of sp³-hybridized carbons (Fsp3) is 0.615. The maximum Gasteiger partial charge on any atom is 0.135 e. The number of nitrogens with zero attached hydrogens (tertiary/aromatic N) is 2. The SMILES string of the molecule is CC(C)C1CCN(Cc2ccc(Cl)nc2Cl)C1. The van der Waals surface area contributed by atoms with Crippen molar-refractivity contribution in [3.63, 3.8) is 0 Å². The van der Waals surface area contributed by atoms with Crippen LogP contribution in [0.25, 0.3) is 0 Å². The van der Waals surface area contributed by atoms with Crippen molar-refractivity contribution in [2.45, 2.75) is 26.8 Å². The number of hydrogen-bond acceptors (Lipinski definition) is 2. The third kappa shape index (κ3) is 3.34. The minimum absolute atomic E-state index is 0.459. The summed E-state index contributed by atoms with van der Waals surface area (Å²) in [4.78, 5) is 6.52. The Hall–Kier alpha value is -0.310. The number of pyridine rings is 1. The second-order valence-corrected chi connectivity index (χ2v) is 5.86. The lowest BCUT2D eigenvalue weighted by Crippen LogP contribution is -2.21. The minimum Gasteiger partial charge on any atom is -0.299 e. The summed E-state index contributed by atoms with van der Waals surface area (Å²) in [5.74, 6) is 1.58. The van der Waals surface area contributed by atoms with Gasteiger partial charge in [-0.2, -0.15) is 0 Å². The van der Waals surface area contributed by atoms with E-state index in [9.17, 15) is 0 Å². The van der Waals surface area contributed by atoms with Crippen molar-refractivity contribution in [3.05, 3.63) is 28.0 Å². The molecule has 1 aliphatic heterocycles. The molecule has 0 amide bonds. The molecule has 4 heteroatoms. The Balaban J connectivity index is 1.98. The quantitative estimate of drug-likeness (QED) is 0.777. The first-order valence-electron chi connectivity index (χ1n) is 6.09. The Morgan fingerprint density at radius 2 is 2.18 bits per heavy atom. The molecule has 94 valence electrons. The van der Waals surface area contributed by atoms with Crippen molar-refractivity contribution in [2.24, 2.45) is 11.8 Å². The molecule has 1 aliphatic rings. The molecule has 1 aromatic rings. The van der Waals surface area contributed by atoms with Crippen LogP contribution in [-0.2, 0) is 6.54 Å². The van der Waals surface area contributed by atoms with Crippen LogP contribution in [0.5, 0.6) is 0 Å². The molecule has 2 nitrogen and oxygen atoms in total. The van der Waals surface area contributed by atoms with Crippen LogP contribution >= 0.6 is 23.2 Å². The summed E-state index contributed by atoms with van der Waals surface area (Å²) in [5.41, 5.74) is 1.07. The minimum atomic E-state index is 0.459. The van der Waals surface area contributed by atoms with Gasteiger partial charge in [0.2, 0.25) is 0 Å². The summed E-state index contributed by atoms with van der Waals surface area (Å²) in [6.45, 7) is 7.79. The van der Waals surface area contributed by atoms with Crippen molar-refractivity contribution in [3.8, 4) is 0 Å².